The highest BCUT2D eigenvalue weighted by Gasteiger charge is 2.35. The van der Waals surface area contributed by atoms with Crippen LogP contribution in [0.1, 0.15) is 33.4 Å². The van der Waals surface area contributed by atoms with E-state index in [1.54, 1.807) is 56.3 Å². The second-order valence-corrected chi connectivity index (χ2v) is 10.00. The third kappa shape index (κ3) is 4.80. The van der Waals surface area contributed by atoms with Gasteiger partial charge in [0.1, 0.15) is 5.75 Å². The predicted octanol–water partition coefficient (Wildman–Crippen LogP) is 4.15. The van der Waals surface area contributed by atoms with Crippen LogP contribution in [0.25, 0.3) is 0 Å². The van der Waals surface area contributed by atoms with Gasteiger partial charge in [-0.25, -0.2) is 17.9 Å². The molecule has 0 saturated heterocycles. The number of hydrogen-bond acceptors (Lipinski definition) is 6. The first-order valence-electron chi connectivity index (χ1n) is 9.85. The summed E-state index contributed by atoms with van der Waals surface area (Å²) < 4.78 is 39.4. The Hall–Kier alpha value is -3.13. The Morgan fingerprint density at radius 2 is 1.55 bits per heavy atom. The topological polar surface area (TPSA) is 87.5 Å². The molecule has 0 bridgehead atoms. The molecule has 7 nitrogen and oxygen atoms in total. The van der Waals surface area contributed by atoms with Gasteiger partial charge in [0.2, 0.25) is 15.7 Å². The highest BCUT2D eigenvalue weighted by atomic mass is 32.2. The Morgan fingerprint density at radius 1 is 1.00 bits per heavy atom. The lowest BCUT2D eigenvalue weighted by molar-refractivity contribution is -0.142. The third-order valence-corrected chi connectivity index (χ3v) is 6.41. The Balaban J connectivity index is 2.03. The molecule has 0 aliphatic heterocycles. The van der Waals surface area contributed by atoms with Gasteiger partial charge in [0.05, 0.1) is 16.1 Å². The maximum absolute atomic E-state index is 13.4. The normalized spacial score (nSPS) is 12.9. The van der Waals surface area contributed by atoms with Crippen molar-refractivity contribution >= 4 is 15.8 Å². The van der Waals surface area contributed by atoms with E-state index in [9.17, 15) is 13.2 Å². The lowest BCUT2D eigenvalue weighted by Gasteiger charge is -2.23. The van der Waals surface area contributed by atoms with Crippen LogP contribution in [0.2, 0.25) is 0 Å². The molecule has 0 radical (unpaired) electrons. The van der Waals surface area contributed by atoms with Gasteiger partial charge in [-0.1, -0.05) is 36.4 Å². The van der Waals surface area contributed by atoms with E-state index in [-0.39, 0.29) is 21.4 Å². The molecule has 31 heavy (non-hydrogen) atoms. The number of benzene rings is 2. The first-order valence-corrected chi connectivity index (χ1v) is 11.3. The number of ether oxygens (including phenoxy) is 2. The standard InChI is InChI=1S/C23H26N2O5S/c1-16-20(31(27,28)19-14-10-7-11-15-19)21(25(24-16)23(3,4)5)30-22(26)17(2)29-18-12-8-6-9-13-18/h6-15,17H,1-5H3/t17-/m1/s1. The van der Waals surface area contributed by atoms with E-state index in [1.165, 1.54) is 16.8 Å². The molecule has 8 heteroatoms. The highest BCUT2D eigenvalue weighted by molar-refractivity contribution is 7.91. The molecule has 3 aromatic rings. The molecule has 2 aromatic carbocycles. The van der Waals surface area contributed by atoms with Gasteiger partial charge >= 0.3 is 5.97 Å². The molecule has 0 amide bonds. The van der Waals surface area contributed by atoms with Crippen LogP contribution in [0.4, 0.5) is 0 Å². The third-order valence-electron chi connectivity index (χ3n) is 4.51. The van der Waals surface area contributed by atoms with Gasteiger partial charge in [-0.3, -0.25) is 0 Å². The van der Waals surface area contributed by atoms with E-state index >= 15 is 0 Å². The summed E-state index contributed by atoms with van der Waals surface area (Å²) in [5.74, 6) is -0.342. The predicted molar refractivity (Wildman–Crippen MR) is 116 cm³/mol. The second-order valence-electron chi connectivity index (χ2n) is 8.11. The van der Waals surface area contributed by atoms with Crippen LogP contribution in [-0.4, -0.2) is 30.3 Å². The smallest absolute Gasteiger partial charge is 0.353 e. The highest BCUT2D eigenvalue weighted by Crippen LogP contribution is 2.36. The van der Waals surface area contributed by atoms with E-state index < -0.39 is 27.4 Å². The minimum absolute atomic E-state index is 0.0949. The summed E-state index contributed by atoms with van der Waals surface area (Å²) in [5.41, 5.74) is -0.382. The van der Waals surface area contributed by atoms with E-state index in [2.05, 4.69) is 5.10 Å². The number of hydrogen-bond donors (Lipinski definition) is 0. The molecule has 0 aliphatic rings. The SMILES string of the molecule is Cc1nn(C(C)(C)C)c(OC(=O)[C@@H](C)Oc2ccccc2)c1S(=O)(=O)c1ccccc1. The lowest BCUT2D eigenvalue weighted by Crippen LogP contribution is -2.32. The molecule has 0 spiro atoms. The van der Waals surface area contributed by atoms with E-state index in [0.29, 0.717) is 5.75 Å². The number of carbonyl (C=O) groups excluding carboxylic acids is 1. The van der Waals surface area contributed by atoms with Crippen molar-refractivity contribution < 1.29 is 22.7 Å². The second kappa shape index (κ2) is 8.55. The fourth-order valence-electron chi connectivity index (χ4n) is 2.99. The largest absolute Gasteiger partial charge is 0.479 e. The molecule has 1 aromatic heterocycles. The fourth-order valence-corrected chi connectivity index (χ4v) is 4.53. The maximum Gasteiger partial charge on any atom is 0.353 e. The molecule has 164 valence electrons. The summed E-state index contributed by atoms with van der Waals surface area (Å²) in [6, 6.07) is 16.8. The first kappa shape index (κ1) is 22.6. The number of aromatic nitrogens is 2. The van der Waals surface area contributed by atoms with Crippen molar-refractivity contribution in [1.29, 1.82) is 0 Å². The van der Waals surface area contributed by atoms with Crippen molar-refractivity contribution in [2.45, 2.75) is 56.1 Å². The summed E-state index contributed by atoms with van der Waals surface area (Å²) in [6.45, 7) is 8.67. The van der Waals surface area contributed by atoms with Crippen molar-refractivity contribution in [3.63, 3.8) is 0 Å². The average molecular weight is 443 g/mol. The van der Waals surface area contributed by atoms with Crippen LogP contribution < -0.4 is 9.47 Å². The molecular formula is C23H26N2O5S. The van der Waals surface area contributed by atoms with Crippen molar-refractivity contribution in [2.75, 3.05) is 0 Å². The number of esters is 1. The van der Waals surface area contributed by atoms with Crippen molar-refractivity contribution in [3.8, 4) is 11.6 Å². The van der Waals surface area contributed by atoms with Gasteiger partial charge in [0.25, 0.3) is 0 Å². The van der Waals surface area contributed by atoms with E-state index in [1.807, 2.05) is 26.8 Å². The number of nitrogens with zero attached hydrogens (tertiary/aromatic N) is 2. The zero-order chi connectivity index (χ0) is 22.8. The van der Waals surface area contributed by atoms with Crippen LogP contribution in [0, 0.1) is 6.92 Å². The summed E-state index contributed by atoms with van der Waals surface area (Å²) in [7, 11) is -3.97. The van der Waals surface area contributed by atoms with Crippen molar-refractivity contribution in [2.24, 2.45) is 0 Å². The summed E-state index contributed by atoms with van der Waals surface area (Å²) >= 11 is 0. The number of aryl methyl sites for hydroxylation is 1. The van der Waals surface area contributed by atoms with Crippen LogP contribution in [0.15, 0.2) is 70.5 Å². The molecule has 0 aliphatic carbocycles. The Kier molecular flexibility index (Phi) is 6.22. The number of carbonyl (C=O) groups is 1. The molecule has 3 rings (SSSR count). The van der Waals surface area contributed by atoms with Gasteiger partial charge in [-0.2, -0.15) is 5.10 Å². The summed E-state index contributed by atoms with van der Waals surface area (Å²) in [4.78, 5) is 12.8. The number of rotatable bonds is 6. The molecule has 0 N–H and O–H groups in total. The van der Waals surface area contributed by atoms with E-state index in [0.717, 1.165) is 0 Å². The molecule has 1 atom stereocenters. The quantitative estimate of drug-likeness (QED) is 0.533. The van der Waals surface area contributed by atoms with Gasteiger partial charge in [-0.15, -0.1) is 0 Å². The van der Waals surface area contributed by atoms with E-state index in [4.69, 9.17) is 9.47 Å². The first-order chi connectivity index (χ1) is 14.5. The van der Waals surface area contributed by atoms with Crippen LogP contribution in [0.5, 0.6) is 11.6 Å². The van der Waals surface area contributed by atoms with Gasteiger partial charge in [0.15, 0.2) is 11.0 Å². The van der Waals surface area contributed by atoms with Crippen LogP contribution in [0.3, 0.4) is 0 Å². The minimum Gasteiger partial charge on any atom is -0.479 e. The van der Waals surface area contributed by atoms with Gasteiger partial charge in [-0.05, 0) is 58.9 Å². The number of sulfone groups is 1. The monoisotopic (exact) mass is 442 g/mol. The minimum atomic E-state index is -3.97. The van der Waals surface area contributed by atoms with Crippen molar-refractivity contribution in [1.82, 2.24) is 9.78 Å². The van der Waals surface area contributed by atoms with Crippen LogP contribution >= 0.6 is 0 Å². The molecule has 1 heterocycles. The van der Waals surface area contributed by atoms with Crippen LogP contribution in [-0.2, 0) is 20.2 Å². The molecular weight excluding hydrogens is 416 g/mol. The Morgan fingerprint density at radius 3 is 2.10 bits per heavy atom. The maximum atomic E-state index is 13.4. The Labute approximate surface area is 182 Å². The molecule has 0 fully saturated rings. The zero-order valence-corrected chi connectivity index (χ0v) is 19.0. The van der Waals surface area contributed by atoms with Gasteiger partial charge < -0.3 is 9.47 Å². The average Bonchev–Trinajstić information content (AvgIpc) is 3.06. The zero-order valence-electron chi connectivity index (χ0n) is 18.2. The van der Waals surface area contributed by atoms with Crippen molar-refractivity contribution in [3.05, 3.63) is 66.4 Å². The summed E-state index contributed by atoms with van der Waals surface area (Å²) in [6.07, 6.45) is -0.960. The van der Waals surface area contributed by atoms with Gasteiger partial charge in [0, 0.05) is 0 Å². The molecule has 0 unspecified atom stereocenters. The molecule has 0 saturated carbocycles. The number of para-hydroxylation sites is 1. The fraction of sp³-hybridized carbons (Fsp3) is 0.304. The summed E-state index contributed by atoms with van der Waals surface area (Å²) in [5, 5.41) is 4.39. The Bertz CT molecular complexity index is 1160. The lowest BCUT2D eigenvalue weighted by atomic mass is 10.1.